The lowest BCUT2D eigenvalue weighted by Crippen LogP contribution is -2.29. The molecule has 2 nitrogen and oxygen atoms in total. The van der Waals surface area contributed by atoms with Gasteiger partial charge in [-0.3, -0.25) is 0 Å². The molecule has 1 fully saturated rings. The van der Waals surface area contributed by atoms with E-state index in [1.807, 2.05) is 14.1 Å². The Morgan fingerprint density at radius 1 is 1.10 bits per heavy atom. The van der Waals surface area contributed by atoms with Gasteiger partial charge in [-0.15, -0.1) is 0 Å². The van der Waals surface area contributed by atoms with E-state index in [1.54, 1.807) is 0 Å². The molecule has 0 radical (unpaired) electrons. The zero-order valence-corrected chi connectivity index (χ0v) is 7.77. The van der Waals surface area contributed by atoms with E-state index in [0.29, 0.717) is 12.1 Å². The Hall–Kier alpha value is -0.310. The fraction of sp³-hybridized carbons (Fsp3) is 0.857. The Bertz CT molecular complexity index is 142. The predicted octanol–water partition coefficient (Wildman–Crippen LogP) is 0.925. The molecule has 1 heterocycles. The third-order valence-corrected chi connectivity index (χ3v) is 3.10. The van der Waals surface area contributed by atoms with E-state index in [1.165, 1.54) is 0 Å². The second kappa shape index (κ2) is 2.38. The molecule has 1 aliphatic heterocycles. The first-order valence-electron chi connectivity index (χ1n) is 3.55. The molecule has 58 valence electrons. The summed E-state index contributed by atoms with van der Waals surface area (Å²) >= 11 is 5.17. The van der Waals surface area contributed by atoms with Crippen LogP contribution in [0, 0.1) is 0 Å². The SMILES string of the molecule is CC1C(C)N(C)C(=S)N1C. The molecule has 0 aliphatic carbocycles. The summed E-state index contributed by atoms with van der Waals surface area (Å²) in [5.41, 5.74) is 0. The van der Waals surface area contributed by atoms with Crippen LogP contribution in [0.4, 0.5) is 0 Å². The standard InChI is InChI=1S/C7H14N2S/c1-5-6(2)9(4)7(10)8(5)3/h5-6H,1-4H3. The van der Waals surface area contributed by atoms with E-state index >= 15 is 0 Å². The molecular weight excluding hydrogens is 144 g/mol. The first-order chi connectivity index (χ1) is 4.55. The van der Waals surface area contributed by atoms with Gasteiger partial charge >= 0.3 is 0 Å². The third kappa shape index (κ3) is 0.888. The van der Waals surface area contributed by atoms with Crippen LogP contribution in [0.25, 0.3) is 0 Å². The summed E-state index contributed by atoms with van der Waals surface area (Å²) in [6.07, 6.45) is 0. The number of likely N-dealkylation sites (N-methyl/N-ethyl adjacent to an activating group) is 2. The summed E-state index contributed by atoms with van der Waals surface area (Å²) in [5, 5.41) is 0.958. The molecule has 3 heteroatoms. The van der Waals surface area contributed by atoms with Crippen molar-refractivity contribution in [3.05, 3.63) is 0 Å². The van der Waals surface area contributed by atoms with Gasteiger partial charge in [0.05, 0.1) is 0 Å². The van der Waals surface area contributed by atoms with Crippen molar-refractivity contribution >= 4 is 17.3 Å². The molecule has 1 aliphatic rings. The lowest BCUT2D eigenvalue weighted by Gasteiger charge is -2.16. The van der Waals surface area contributed by atoms with Crippen LogP contribution in [0.1, 0.15) is 13.8 Å². The van der Waals surface area contributed by atoms with Crippen molar-refractivity contribution in [1.29, 1.82) is 0 Å². The molecule has 0 saturated carbocycles. The fourth-order valence-corrected chi connectivity index (χ4v) is 1.58. The molecule has 0 aromatic heterocycles. The third-order valence-electron chi connectivity index (χ3n) is 2.52. The summed E-state index contributed by atoms with van der Waals surface area (Å²) in [6.45, 7) is 4.39. The second-order valence-corrected chi connectivity index (χ2v) is 3.35. The topological polar surface area (TPSA) is 6.48 Å². The maximum Gasteiger partial charge on any atom is 0.171 e. The Kier molecular flexibility index (Phi) is 1.86. The molecule has 0 amide bonds. The highest BCUT2D eigenvalue weighted by Gasteiger charge is 2.32. The van der Waals surface area contributed by atoms with E-state index in [9.17, 15) is 0 Å². The van der Waals surface area contributed by atoms with Crippen molar-refractivity contribution in [2.75, 3.05) is 14.1 Å². The summed E-state index contributed by atoms with van der Waals surface area (Å²) in [4.78, 5) is 4.28. The summed E-state index contributed by atoms with van der Waals surface area (Å²) in [6, 6.07) is 1.11. The number of thiocarbonyl (C=S) groups is 1. The molecule has 1 rings (SSSR count). The Labute approximate surface area is 67.8 Å². The minimum atomic E-state index is 0.553. The molecule has 1 saturated heterocycles. The lowest BCUT2D eigenvalue weighted by molar-refractivity contribution is 0.344. The highest BCUT2D eigenvalue weighted by Crippen LogP contribution is 2.18. The van der Waals surface area contributed by atoms with Crippen LogP contribution in [-0.2, 0) is 0 Å². The van der Waals surface area contributed by atoms with Gasteiger partial charge < -0.3 is 9.80 Å². The van der Waals surface area contributed by atoms with E-state index in [2.05, 4.69) is 23.6 Å². The number of hydrogen-bond acceptors (Lipinski definition) is 1. The Morgan fingerprint density at radius 3 is 1.50 bits per heavy atom. The zero-order chi connectivity index (χ0) is 7.89. The first-order valence-corrected chi connectivity index (χ1v) is 3.96. The number of rotatable bonds is 0. The van der Waals surface area contributed by atoms with Crippen LogP contribution in [0.2, 0.25) is 0 Å². The maximum atomic E-state index is 5.17. The molecule has 0 N–H and O–H groups in total. The molecule has 0 spiro atoms. The van der Waals surface area contributed by atoms with Crippen LogP contribution in [0.15, 0.2) is 0 Å². The van der Waals surface area contributed by atoms with Gasteiger partial charge in [-0.05, 0) is 26.1 Å². The van der Waals surface area contributed by atoms with Crippen molar-refractivity contribution < 1.29 is 0 Å². The van der Waals surface area contributed by atoms with E-state index < -0.39 is 0 Å². The van der Waals surface area contributed by atoms with Crippen LogP contribution in [-0.4, -0.2) is 41.1 Å². The Balaban J connectivity index is 2.78. The minimum Gasteiger partial charge on any atom is -0.347 e. The van der Waals surface area contributed by atoms with Crippen molar-refractivity contribution in [1.82, 2.24) is 9.80 Å². The van der Waals surface area contributed by atoms with E-state index in [-0.39, 0.29) is 0 Å². The van der Waals surface area contributed by atoms with E-state index in [4.69, 9.17) is 12.2 Å². The molecule has 2 unspecified atom stereocenters. The van der Waals surface area contributed by atoms with Crippen LogP contribution in [0.5, 0.6) is 0 Å². The van der Waals surface area contributed by atoms with Gasteiger partial charge in [0.2, 0.25) is 0 Å². The van der Waals surface area contributed by atoms with Crippen LogP contribution >= 0.6 is 12.2 Å². The highest BCUT2D eigenvalue weighted by molar-refractivity contribution is 7.80. The average Bonchev–Trinajstić information content (AvgIpc) is 2.07. The Morgan fingerprint density at radius 2 is 1.40 bits per heavy atom. The van der Waals surface area contributed by atoms with E-state index in [0.717, 1.165) is 5.11 Å². The van der Waals surface area contributed by atoms with Gasteiger partial charge in [-0.25, -0.2) is 0 Å². The van der Waals surface area contributed by atoms with Gasteiger partial charge in [0.1, 0.15) is 0 Å². The number of nitrogens with zero attached hydrogens (tertiary/aromatic N) is 2. The summed E-state index contributed by atoms with van der Waals surface area (Å²) < 4.78 is 0. The molecule has 10 heavy (non-hydrogen) atoms. The number of hydrogen-bond donors (Lipinski definition) is 0. The zero-order valence-electron chi connectivity index (χ0n) is 6.96. The second-order valence-electron chi connectivity index (χ2n) is 2.99. The largest absolute Gasteiger partial charge is 0.347 e. The van der Waals surface area contributed by atoms with Crippen molar-refractivity contribution in [2.45, 2.75) is 25.9 Å². The molecule has 0 aromatic rings. The predicted molar refractivity (Wildman–Crippen MR) is 47.0 cm³/mol. The van der Waals surface area contributed by atoms with Gasteiger partial charge in [0.15, 0.2) is 5.11 Å². The van der Waals surface area contributed by atoms with Gasteiger partial charge in [-0.2, -0.15) is 0 Å². The normalized spacial score (nSPS) is 33.8. The molecular formula is C7H14N2S. The summed E-state index contributed by atoms with van der Waals surface area (Å²) in [7, 11) is 4.10. The lowest BCUT2D eigenvalue weighted by atomic mass is 10.2. The van der Waals surface area contributed by atoms with Gasteiger partial charge in [-0.1, -0.05) is 0 Å². The van der Waals surface area contributed by atoms with Gasteiger partial charge in [0, 0.05) is 26.2 Å². The minimum absolute atomic E-state index is 0.553. The van der Waals surface area contributed by atoms with Crippen molar-refractivity contribution in [2.24, 2.45) is 0 Å². The molecule has 0 bridgehead atoms. The van der Waals surface area contributed by atoms with Gasteiger partial charge in [0.25, 0.3) is 0 Å². The molecule has 0 aromatic carbocycles. The fourth-order valence-electron chi connectivity index (χ4n) is 1.24. The van der Waals surface area contributed by atoms with Crippen molar-refractivity contribution in [3.63, 3.8) is 0 Å². The van der Waals surface area contributed by atoms with Crippen LogP contribution in [0.3, 0.4) is 0 Å². The summed E-state index contributed by atoms with van der Waals surface area (Å²) in [5.74, 6) is 0. The monoisotopic (exact) mass is 158 g/mol. The quantitative estimate of drug-likeness (QED) is 0.484. The smallest absolute Gasteiger partial charge is 0.171 e. The maximum absolute atomic E-state index is 5.17. The average molecular weight is 158 g/mol. The molecule has 2 atom stereocenters. The van der Waals surface area contributed by atoms with Crippen molar-refractivity contribution in [3.8, 4) is 0 Å². The highest BCUT2D eigenvalue weighted by atomic mass is 32.1. The first kappa shape index (κ1) is 7.79. The van der Waals surface area contributed by atoms with Crippen LogP contribution < -0.4 is 0 Å².